The van der Waals surface area contributed by atoms with E-state index in [0.717, 1.165) is 51.4 Å². The van der Waals surface area contributed by atoms with Crippen LogP contribution >= 0.6 is 11.8 Å². The summed E-state index contributed by atoms with van der Waals surface area (Å²) in [5.74, 6) is 0.607. The van der Waals surface area contributed by atoms with E-state index in [1.165, 1.54) is 70.4 Å². The number of phenolic OH excluding ortho intramolecular Hbond substituents is 1. The molecule has 0 fully saturated rings. The second-order valence-corrected chi connectivity index (χ2v) is 12.9. The fraction of sp³-hybridized carbons (Fsp3) is 0.636. The Balaban J connectivity index is 1.95. The van der Waals surface area contributed by atoms with Gasteiger partial charge in [-0.15, -0.1) is 11.8 Å². The number of allylic oxidation sites excluding steroid dienone is 6. The Morgan fingerprint density at radius 3 is 2.14 bits per heavy atom. The molecule has 1 atom stereocenters. The molecule has 196 valence electrons. The molecule has 1 aliphatic heterocycles. The Labute approximate surface area is 221 Å². The number of benzene rings is 1. The fourth-order valence-electron chi connectivity index (χ4n) is 5.04. The van der Waals surface area contributed by atoms with E-state index in [2.05, 4.69) is 84.5 Å². The first-order valence-electron chi connectivity index (χ1n) is 14.2. The van der Waals surface area contributed by atoms with Gasteiger partial charge in [-0.3, -0.25) is 0 Å². The van der Waals surface area contributed by atoms with Gasteiger partial charge in [0.2, 0.25) is 0 Å². The van der Waals surface area contributed by atoms with Crippen molar-refractivity contribution in [2.45, 2.75) is 142 Å². The first-order chi connectivity index (χ1) is 16.7. The van der Waals surface area contributed by atoms with Gasteiger partial charge in [-0.2, -0.15) is 0 Å². The SMILES string of the molecule is CCCCc1cc2c(c(CCCC)c1O)CC(C)(CC/C=C(\C)CC/C=C(\C)CCC=C(C)C)S2. The summed E-state index contributed by atoms with van der Waals surface area (Å²) >= 11 is 2.07. The molecule has 1 heterocycles. The van der Waals surface area contributed by atoms with Crippen LogP contribution in [0.15, 0.2) is 45.9 Å². The number of fused-ring (bicyclic) bond motifs is 1. The number of rotatable bonds is 15. The largest absolute Gasteiger partial charge is 0.507 e. The van der Waals surface area contributed by atoms with Gasteiger partial charge in [0, 0.05) is 9.64 Å². The van der Waals surface area contributed by atoms with Crippen molar-refractivity contribution in [3.05, 3.63) is 57.7 Å². The molecule has 2 heteroatoms. The maximum Gasteiger partial charge on any atom is 0.122 e. The first-order valence-corrected chi connectivity index (χ1v) is 15.0. The zero-order valence-electron chi connectivity index (χ0n) is 23.9. The number of hydrogen-bond donors (Lipinski definition) is 1. The summed E-state index contributed by atoms with van der Waals surface area (Å²) in [7, 11) is 0. The highest BCUT2D eigenvalue weighted by molar-refractivity contribution is 8.01. The molecule has 1 nitrogen and oxygen atoms in total. The van der Waals surface area contributed by atoms with Gasteiger partial charge in [-0.25, -0.2) is 0 Å². The molecule has 2 rings (SSSR count). The van der Waals surface area contributed by atoms with E-state index in [1.807, 2.05) is 0 Å². The van der Waals surface area contributed by atoms with E-state index >= 15 is 0 Å². The van der Waals surface area contributed by atoms with E-state index in [1.54, 1.807) is 0 Å². The van der Waals surface area contributed by atoms with E-state index < -0.39 is 0 Å². The summed E-state index contributed by atoms with van der Waals surface area (Å²) in [4.78, 5) is 1.44. The number of phenols is 1. The van der Waals surface area contributed by atoms with Gasteiger partial charge < -0.3 is 5.11 Å². The summed E-state index contributed by atoms with van der Waals surface area (Å²) < 4.78 is 0.233. The van der Waals surface area contributed by atoms with E-state index in [-0.39, 0.29) is 4.75 Å². The van der Waals surface area contributed by atoms with E-state index in [9.17, 15) is 5.11 Å². The molecule has 0 bridgehead atoms. The number of aryl methyl sites for hydroxylation is 1. The standard InChI is InChI=1S/C33H52OS/c1-8-10-20-28-23-31-30(29(32(28)34)21-11-9-2)24-33(7,35-31)22-14-19-27(6)18-13-17-26(5)16-12-15-25(3)4/h15,17,19,23,34H,8-14,16,18,20-22,24H2,1-7H3/b26-17+,27-19+. The van der Waals surface area contributed by atoms with Crippen LogP contribution in [0.5, 0.6) is 5.75 Å². The van der Waals surface area contributed by atoms with Crippen molar-refractivity contribution in [3.63, 3.8) is 0 Å². The lowest BCUT2D eigenvalue weighted by Crippen LogP contribution is -2.18. The van der Waals surface area contributed by atoms with Crippen LogP contribution < -0.4 is 0 Å². The maximum atomic E-state index is 11.1. The minimum atomic E-state index is 0.233. The first kappa shape index (κ1) is 29.8. The molecule has 1 aromatic carbocycles. The Bertz CT molecular complexity index is 900. The van der Waals surface area contributed by atoms with E-state index in [0.29, 0.717) is 5.75 Å². The van der Waals surface area contributed by atoms with Gasteiger partial charge in [0.25, 0.3) is 0 Å². The Morgan fingerprint density at radius 2 is 1.51 bits per heavy atom. The Kier molecular flexibility index (Phi) is 12.8. The Morgan fingerprint density at radius 1 is 0.914 bits per heavy atom. The van der Waals surface area contributed by atoms with Crippen molar-refractivity contribution in [1.29, 1.82) is 0 Å². The quantitative estimate of drug-likeness (QED) is 0.244. The molecule has 0 aliphatic carbocycles. The maximum absolute atomic E-state index is 11.1. The lowest BCUT2D eigenvalue weighted by atomic mass is 9.89. The summed E-state index contributed by atoms with van der Waals surface area (Å²) in [6.07, 6.45) is 22.0. The minimum absolute atomic E-state index is 0.233. The van der Waals surface area contributed by atoms with Gasteiger partial charge in [-0.1, -0.05) is 61.6 Å². The van der Waals surface area contributed by atoms with Gasteiger partial charge in [0.1, 0.15) is 5.75 Å². The monoisotopic (exact) mass is 496 g/mol. The average Bonchev–Trinajstić information content (AvgIpc) is 3.12. The highest BCUT2D eigenvalue weighted by Crippen LogP contribution is 2.51. The summed E-state index contributed by atoms with van der Waals surface area (Å²) in [6, 6.07) is 2.32. The van der Waals surface area contributed by atoms with Gasteiger partial charge >= 0.3 is 0 Å². The summed E-state index contributed by atoms with van der Waals surface area (Å²) in [6.45, 7) is 15.8. The molecular formula is C33H52OS. The van der Waals surface area contributed by atoms with Crippen molar-refractivity contribution in [3.8, 4) is 5.75 Å². The van der Waals surface area contributed by atoms with Crippen LogP contribution in [-0.4, -0.2) is 9.85 Å². The number of thioether (sulfide) groups is 1. The van der Waals surface area contributed by atoms with Crippen LogP contribution in [0.25, 0.3) is 0 Å². The normalized spacial score (nSPS) is 18.1. The molecule has 35 heavy (non-hydrogen) atoms. The minimum Gasteiger partial charge on any atom is -0.507 e. The predicted molar refractivity (Wildman–Crippen MR) is 158 cm³/mol. The molecule has 0 saturated heterocycles. The van der Waals surface area contributed by atoms with Crippen molar-refractivity contribution in [1.82, 2.24) is 0 Å². The smallest absolute Gasteiger partial charge is 0.122 e. The average molecular weight is 497 g/mol. The highest BCUT2D eigenvalue weighted by atomic mass is 32.2. The summed E-state index contributed by atoms with van der Waals surface area (Å²) in [5, 5.41) is 11.1. The second kappa shape index (κ2) is 15.0. The summed E-state index contributed by atoms with van der Waals surface area (Å²) in [5.41, 5.74) is 8.32. The molecule has 0 radical (unpaired) electrons. The fourth-order valence-corrected chi connectivity index (χ4v) is 6.53. The van der Waals surface area contributed by atoms with E-state index in [4.69, 9.17) is 0 Å². The molecule has 1 N–H and O–H groups in total. The zero-order chi connectivity index (χ0) is 25.8. The molecule has 1 aliphatic rings. The van der Waals surface area contributed by atoms with Crippen LogP contribution in [0.4, 0.5) is 0 Å². The van der Waals surface area contributed by atoms with Crippen LogP contribution in [0.3, 0.4) is 0 Å². The second-order valence-electron chi connectivity index (χ2n) is 11.3. The van der Waals surface area contributed by atoms with Gasteiger partial charge in [-0.05, 0) is 128 Å². The lowest BCUT2D eigenvalue weighted by Gasteiger charge is -2.22. The molecule has 1 unspecified atom stereocenters. The molecule has 0 spiro atoms. The van der Waals surface area contributed by atoms with Crippen molar-refractivity contribution >= 4 is 11.8 Å². The highest BCUT2D eigenvalue weighted by Gasteiger charge is 2.36. The third kappa shape index (κ3) is 9.87. The number of unbranched alkanes of at least 4 members (excludes halogenated alkanes) is 2. The van der Waals surface area contributed by atoms with Gasteiger partial charge in [0.05, 0.1) is 0 Å². The molecule has 0 aromatic heterocycles. The van der Waals surface area contributed by atoms with Crippen LogP contribution in [0.2, 0.25) is 0 Å². The Hall–Kier alpha value is -1.41. The number of aromatic hydroxyl groups is 1. The van der Waals surface area contributed by atoms with Crippen LogP contribution in [0, 0.1) is 0 Å². The molecule has 0 saturated carbocycles. The van der Waals surface area contributed by atoms with Crippen molar-refractivity contribution in [2.24, 2.45) is 0 Å². The molecule has 1 aromatic rings. The topological polar surface area (TPSA) is 20.2 Å². The lowest BCUT2D eigenvalue weighted by molar-refractivity contribution is 0.455. The molecule has 0 amide bonds. The zero-order valence-corrected chi connectivity index (χ0v) is 24.7. The van der Waals surface area contributed by atoms with Crippen LogP contribution in [0.1, 0.15) is 129 Å². The van der Waals surface area contributed by atoms with Crippen LogP contribution in [-0.2, 0) is 19.3 Å². The van der Waals surface area contributed by atoms with Crippen molar-refractivity contribution < 1.29 is 5.11 Å². The van der Waals surface area contributed by atoms with Gasteiger partial charge in [0.15, 0.2) is 0 Å². The molecular weight excluding hydrogens is 444 g/mol. The van der Waals surface area contributed by atoms with Crippen molar-refractivity contribution in [2.75, 3.05) is 0 Å². The third-order valence-corrected chi connectivity index (χ3v) is 8.76. The number of hydrogen-bond acceptors (Lipinski definition) is 2. The predicted octanol–water partition coefficient (Wildman–Crippen LogP) is 10.7. The third-order valence-electron chi connectivity index (χ3n) is 7.33.